The van der Waals surface area contributed by atoms with Crippen LogP contribution in [0.4, 0.5) is 5.69 Å². The molecule has 24 heavy (non-hydrogen) atoms. The van der Waals surface area contributed by atoms with Gasteiger partial charge in [-0.2, -0.15) is 0 Å². The highest BCUT2D eigenvalue weighted by atomic mass is 16.5. The van der Waals surface area contributed by atoms with Crippen molar-refractivity contribution in [1.29, 1.82) is 0 Å². The molecular weight excluding hydrogens is 296 g/mol. The Morgan fingerprint density at radius 2 is 1.71 bits per heavy atom. The van der Waals surface area contributed by atoms with Crippen LogP contribution >= 0.6 is 0 Å². The normalized spacial score (nSPS) is 10.6. The highest BCUT2D eigenvalue weighted by Gasteiger charge is 2.06. The van der Waals surface area contributed by atoms with Crippen molar-refractivity contribution >= 4 is 5.69 Å². The van der Waals surface area contributed by atoms with Gasteiger partial charge in [0.1, 0.15) is 5.75 Å². The maximum absolute atomic E-state index is 5.34. The van der Waals surface area contributed by atoms with E-state index < -0.39 is 0 Å². The van der Waals surface area contributed by atoms with E-state index >= 15 is 0 Å². The number of methoxy groups -OCH3 is 1. The second kappa shape index (κ2) is 9.99. The molecule has 0 saturated carbocycles. The molecule has 3 nitrogen and oxygen atoms in total. The molecule has 0 amide bonds. The van der Waals surface area contributed by atoms with Gasteiger partial charge in [-0.3, -0.25) is 0 Å². The first-order chi connectivity index (χ1) is 11.8. The summed E-state index contributed by atoms with van der Waals surface area (Å²) in [5.41, 5.74) is 3.93. The maximum atomic E-state index is 5.34. The van der Waals surface area contributed by atoms with Crippen molar-refractivity contribution in [2.24, 2.45) is 0 Å². The number of anilines is 1. The second-order valence-electron chi connectivity index (χ2n) is 6.03. The van der Waals surface area contributed by atoms with Gasteiger partial charge in [-0.15, -0.1) is 0 Å². The minimum atomic E-state index is 0.904. The number of nitrogens with one attached hydrogen (secondary N) is 1. The predicted molar refractivity (Wildman–Crippen MR) is 103 cm³/mol. The first-order valence-electron chi connectivity index (χ1n) is 8.94. The van der Waals surface area contributed by atoms with Gasteiger partial charge in [0, 0.05) is 24.8 Å². The van der Waals surface area contributed by atoms with Crippen LogP contribution in [0.3, 0.4) is 0 Å². The van der Waals surface area contributed by atoms with E-state index in [1.54, 1.807) is 7.11 Å². The van der Waals surface area contributed by atoms with Crippen molar-refractivity contribution in [1.82, 2.24) is 5.32 Å². The van der Waals surface area contributed by atoms with Crippen LogP contribution in [0.15, 0.2) is 48.5 Å². The molecule has 0 spiro atoms. The summed E-state index contributed by atoms with van der Waals surface area (Å²) >= 11 is 0. The van der Waals surface area contributed by atoms with Crippen LogP contribution in [0.5, 0.6) is 5.75 Å². The largest absolute Gasteiger partial charge is 0.497 e. The molecule has 130 valence electrons. The van der Waals surface area contributed by atoms with Gasteiger partial charge in [0.15, 0.2) is 0 Å². The molecule has 0 aliphatic heterocycles. The van der Waals surface area contributed by atoms with Gasteiger partial charge >= 0.3 is 0 Å². The molecule has 0 heterocycles. The number of benzene rings is 2. The van der Waals surface area contributed by atoms with Crippen LogP contribution in [-0.2, 0) is 13.0 Å². The van der Waals surface area contributed by atoms with E-state index in [4.69, 9.17) is 4.74 Å². The number of rotatable bonds is 10. The summed E-state index contributed by atoms with van der Waals surface area (Å²) in [5, 5.41) is 3.45. The highest BCUT2D eigenvalue weighted by Crippen LogP contribution is 2.22. The van der Waals surface area contributed by atoms with Crippen LogP contribution in [0.1, 0.15) is 31.4 Å². The van der Waals surface area contributed by atoms with E-state index in [0.29, 0.717) is 0 Å². The third-order valence-corrected chi connectivity index (χ3v) is 4.21. The molecule has 0 unspecified atom stereocenters. The number of nitrogens with zero attached hydrogens (tertiary/aromatic N) is 1. The average Bonchev–Trinajstić information content (AvgIpc) is 2.64. The van der Waals surface area contributed by atoms with Crippen molar-refractivity contribution in [3.63, 3.8) is 0 Å². The lowest BCUT2D eigenvalue weighted by atomic mass is 10.1. The van der Waals surface area contributed by atoms with E-state index in [1.807, 2.05) is 12.1 Å². The maximum Gasteiger partial charge on any atom is 0.120 e. The molecule has 0 atom stereocenters. The SMILES string of the molecule is CCCNCCc1ccc(CN(CC)c2cccc(OC)c2)cc1. The monoisotopic (exact) mass is 326 g/mol. The molecule has 0 aliphatic rings. The van der Waals surface area contributed by atoms with Crippen LogP contribution in [0.2, 0.25) is 0 Å². The fraction of sp³-hybridized carbons (Fsp3) is 0.429. The number of hydrogen-bond donors (Lipinski definition) is 1. The molecule has 2 aromatic carbocycles. The van der Waals surface area contributed by atoms with E-state index in [1.165, 1.54) is 23.2 Å². The minimum Gasteiger partial charge on any atom is -0.497 e. The average molecular weight is 326 g/mol. The summed E-state index contributed by atoms with van der Waals surface area (Å²) < 4.78 is 5.34. The van der Waals surface area contributed by atoms with Crippen LogP contribution in [0.25, 0.3) is 0 Å². The van der Waals surface area contributed by atoms with Gasteiger partial charge in [0.05, 0.1) is 7.11 Å². The first-order valence-corrected chi connectivity index (χ1v) is 8.94. The fourth-order valence-electron chi connectivity index (χ4n) is 2.76. The van der Waals surface area contributed by atoms with E-state index in [2.05, 4.69) is 60.5 Å². The van der Waals surface area contributed by atoms with Crippen molar-refractivity contribution in [2.45, 2.75) is 33.2 Å². The van der Waals surface area contributed by atoms with Crippen molar-refractivity contribution in [2.75, 3.05) is 31.6 Å². The third kappa shape index (κ3) is 5.57. The molecule has 0 saturated heterocycles. The lowest BCUT2D eigenvalue weighted by Crippen LogP contribution is -2.22. The Kier molecular flexibility index (Phi) is 7.63. The molecule has 0 aliphatic carbocycles. The van der Waals surface area contributed by atoms with Gasteiger partial charge in [0.25, 0.3) is 0 Å². The standard InChI is InChI=1S/C21H30N2O/c1-4-14-22-15-13-18-9-11-19(12-10-18)17-23(5-2)20-7-6-8-21(16-20)24-3/h6-12,16,22H,4-5,13-15,17H2,1-3H3. The Labute approximate surface area is 146 Å². The molecule has 2 aromatic rings. The van der Waals surface area contributed by atoms with Crippen LogP contribution in [0, 0.1) is 0 Å². The fourth-order valence-corrected chi connectivity index (χ4v) is 2.76. The zero-order chi connectivity index (χ0) is 17.2. The molecule has 1 N–H and O–H groups in total. The number of ether oxygens (including phenoxy) is 1. The summed E-state index contributed by atoms with van der Waals surface area (Å²) in [4.78, 5) is 2.36. The summed E-state index contributed by atoms with van der Waals surface area (Å²) in [5.74, 6) is 0.904. The number of hydrogen-bond acceptors (Lipinski definition) is 3. The van der Waals surface area contributed by atoms with Crippen LogP contribution < -0.4 is 15.0 Å². The smallest absolute Gasteiger partial charge is 0.120 e. The quantitative estimate of drug-likeness (QED) is 0.660. The van der Waals surface area contributed by atoms with E-state index in [-0.39, 0.29) is 0 Å². The Morgan fingerprint density at radius 1 is 0.958 bits per heavy atom. The third-order valence-electron chi connectivity index (χ3n) is 4.21. The molecule has 0 aromatic heterocycles. The molecule has 2 rings (SSSR count). The minimum absolute atomic E-state index is 0.904. The summed E-state index contributed by atoms with van der Waals surface area (Å²) in [6.07, 6.45) is 2.28. The molecule has 0 radical (unpaired) electrons. The molecule has 3 heteroatoms. The van der Waals surface area contributed by atoms with Gasteiger partial charge in [0.2, 0.25) is 0 Å². The lowest BCUT2D eigenvalue weighted by molar-refractivity contribution is 0.415. The van der Waals surface area contributed by atoms with Gasteiger partial charge in [-0.1, -0.05) is 37.3 Å². The van der Waals surface area contributed by atoms with E-state index in [9.17, 15) is 0 Å². The summed E-state index contributed by atoms with van der Waals surface area (Å²) in [6.45, 7) is 8.42. The molecule has 0 fully saturated rings. The topological polar surface area (TPSA) is 24.5 Å². The van der Waals surface area contributed by atoms with E-state index in [0.717, 1.165) is 38.3 Å². The Bertz CT molecular complexity index is 595. The summed E-state index contributed by atoms with van der Waals surface area (Å²) in [7, 11) is 1.71. The zero-order valence-corrected chi connectivity index (χ0v) is 15.2. The van der Waals surface area contributed by atoms with Crippen molar-refractivity contribution in [3.05, 3.63) is 59.7 Å². The lowest BCUT2D eigenvalue weighted by Gasteiger charge is -2.23. The van der Waals surface area contributed by atoms with Crippen molar-refractivity contribution in [3.8, 4) is 5.75 Å². The van der Waals surface area contributed by atoms with Crippen molar-refractivity contribution < 1.29 is 4.74 Å². The first kappa shape index (κ1) is 18.3. The Balaban J connectivity index is 1.95. The van der Waals surface area contributed by atoms with Gasteiger partial charge in [-0.05, 0) is 56.1 Å². The Morgan fingerprint density at radius 3 is 2.38 bits per heavy atom. The highest BCUT2D eigenvalue weighted by molar-refractivity contribution is 5.51. The molecular formula is C21H30N2O. The van der Waals surface area contributed by atoms with Crippen LogP contribution in [-0.4, -0.2) is 26.7 Å². The predicted octanol–water partition coefficient (Wildman–Crippen LogP) is 4.26. The zero-order valence-electron chi connectivity index (χ0n) is 15.2. The van der Waals surface area contributed by atoms with Gasteiger partial charge in [-0.25, -0.2) is 0 Å². The van der Waals surface area contributed by atoms with Gasteiger partial charge < -0.3 is 15.0 Å². The second-order valence-corrected chi connectivity index (χ2v) is 6.03. The Hall–Kier alpha value is -2.00. The summed E-state index contributed by atoms with van der Waals surface area (Å²) in [6, 6.07) is 17.3. The molecule has 0 bridgehead atoms.